The summed E-state index contributed by atoms with van der Waals surface area (Å²) in [6.45, 7) is 1.24. The van der Waals surface area contributed by atoms with Crippen LogP contribution in [-0.2, 0) is 6.18 Å². The molecule has 0 aromatic carbocycles. The molecule has 20 heavy (non-hydrogen) atoms. The Kier molecular flexibility index (Phi) is 3.07. The lowest BCUT2D eigenvalue weighted by atomic mass is 10.3. The van der Waals surface area contributed by atoms with Gasteiger partial charge >= 0.3 is 6.18 Å². The Balaban J connectivity index is 1.78. The number of alkyl halides is 3. The minimum absolute atomic E-state index is 0.161. The number of rotatable bonds is 2. The Hall–Kier alpha value is -2.12. The lowest BCUT2D eigenvalue weighted by molar-refractivity contribution is -0.141. The smallest absolute Gasteiger partial charge is 0.354 e. The van der Waals surface area contributed by atoms with E-state index in [2.05, 4.69) is 15.1 Å². The molecule has 0 N–H and O–H groups in total. The second-order valence-corrected chi connectivity index (χ2v) is 4.63. The largest absolute Gasteiger partial charge is 0.433 e. The maximum atomic E-state index is 12.6. The minimum atomic E-state index is -4.45. The molecule has 1 aliphatic heterocycles. The third-order valence-corrected chi connectivity index (χ3v) is 3.33. The van der Waals surface area contributed by atoms with Crippen LogP contribution < -0.4 is 4.90 Å². The number of anilines is 1. The molecule has 2 aromatic rings. The van der Waals surface area contributed by atoms with Gasteiger partial charge in [0.25, 0.3) is 0 Å². The predicted octanol–water partition coefficient (Wildman–Crippen LogP) is 2.14. The van der Waals surface area contributed by atoms with Gasteiger partial charge in [-0.05, 0) is 12.5 Å². The summed E-state index contributed by atoms with van der Waals surface area (Å²) < 4.78 is 39.7. The molecular weight excluding hydrogens is 271 g/mol. The SMILES string of the molecule is FC(F)(F)c1cc(N2CCC(n3cccn3)C2)ncn1. The molecule has 0 bridgehead atoms. The first-order valence-corrected chi connectivity index (χ1v) is 6.17. The average Bonchev–Trinajstić information content (AvgIpc) is 3.09. The van der Waals surface area contributed by atoms with Crippen molar-refractivity contribution in [3.05, 3.63) is 36.5 Å². The Morgan fingerprint density at radius 1 is 1.25 bits per heavy atom. The van der Waals surface area contributed by atoms with Crippen LogP contribution in [-0.4, -0.2) is 32.8 Å². The van der Waals surface area contributed by atoms with Crippen molar-refractivity contribution in [1.29, 1.82) is 0 Å². The van der Waals surface area contributed by atoms with Crippen LogP contribution in [0.25, 0.3) is 0 Å². The fourth-order valence-corrected chi connectivity index (χ4v) is 2.34. The first-order valence-electron chi connectivity index (χ1n) is 6.17. The van der Waals surface area contributed by atoms with Crippen LogP contribution in [0.15, 0.2) is 30.9 Å². The maximum absolute atomic E-state index is 12.6. The molecule has 1 fully saturated rings. The van der Waals surface area contributed by atoms with Crippen LogP contribution in [0.5, 0.6) is 0 Å². The highest BCUT2D eigenvalue weighted by atomic mass is 19.4. The first-order chi connectivity index (χ1) is 9.54. The second-order valence-electron chi connectivity index (χ2n) is 4.63. The van der Waals surface area contributed by atoms with Crippen molar-refractivity contribution in [2.75, 3.05) is 18.0 Å². The zero-order chi connectivity index (χ0) is 14.2. The normalized spacial score (nSPS) is 19.6. The Morgan fingerprint density at radius 2 is 2.10 bits per heavy atom. The highest BCUT2D eigenvalue weighted by Crippen LogP contribution is 2.31. The van der Waals surface area contributed by atoms with Gasteiger partial charge in [0, 0.05) is 31.5 Å². The topological polar surface area (TPSA) is 46.8 Å². The van der Waals surface area contributed by atoms with Crippen LogP contribution >= 0.6 is 0 Å². The van der Waals surface area contributed by atoms with E-state index in [4.69, 9.17) is 0 Å². The molecular formula is C12H12F3N5. The van der Waals surface area contributed by atoms with Crippen molar-refractivity contribution in [3.63, 3.8) is 0 Å². The number of nitrogens with zero attached hydrogens (tertiary/aromatic N) is 5. The van der Waals surface area contributed by atoms with Crippen LogP contribution in [0, 0.1) is 0 Å². The summed E-state index contributed by atoms with van der Waals surface area (Å²) in [4.78, 5) is 9.03. The van der Waals surface area contributed by atoms with Crippen molar-refractivity contribution in [2.45, 2.75) is 18.6 Å². The molecule has 3 heterocycles. The van der Waals surface area contributed by atoms with Gasteiger partial charge in [0.2, 0.25) is 0 Å². The molecule has 5 nitrogen and oxygen atoms in total. The van der Waals surface area contributed by atoms with E-state index in [0.717, 1.165) is 18.8 Å². The van der Waals surface area contributed by atoms with Crippen molar-refractivity contribution < 1.29 is 13.2 Å². The van der Waals surface area contributed by atoms with E-state index in [9.17, 15) is 13.2 Å². The molecule has 1 atom stereocenters. The summed E-state index contributed by atoms with van der Waals surface area (Å²) in [6.07, 6.45) is 0.885. The van der Waals surface area contributed by atoms with E-state index < -0.39 is 11.9 Å². The number of halogens is 3. The van der Waals surface area contributed by atoms with Crippen LogP contribution in [0.2, 0.25) is 0 Å². The Labute approximate surface area is 113 Å². The summed E-state index contributed by atoms with van der Waals surface area (Å²) in [6, 6.07) is 2.98. The van der Waals surface area contributed by atoms with E-state index in [-0.39, 0.29) is 6.04 Å². The summed E-state index contributed by atoms with van der Waals surface area (Å²) in [7, 11) is 0. The number of hydrogen-bond acceptors (Lipinski definition) is 4. The molecule has 8 heteroatoms. The molecule has 0 radical (unpaired) electrons. The van der Waals surface area contributed by atoms with Gasteiger partial charge in [-0.15, -0.1) is 0 Å². The summed E-state index contributed by atoms with van der Waals surface area (Å²) in [5.74, 6) is 0.307. The predicted molar refractivity (Wildman–Crippen MR) is 65.1 cm³/mol. The average molecular weight is 283 g/mol. The van der Waals surface area contributed by atoms with E-state index in [1.165, 1.54) is 0 Å². The van der Waals surface area contributed by atoms with Gasteiger partial charge in [0.15, 0.2) is 0 Å². The highest BCUT2D eigenvalue weighted by Gasteiger charge is 2.34. The van der Waals surface area contributed by atoms with E-state index in [1.54, 1.807) is 6.20 Å². The lowest BCUT2D eigenvalue weighted by Gasteiger charge is -2.18. The molecule has 0 saturated carbocycles. The fourth-order valence-electron chi connectivity index (χ4n) is 2.34. The summed E-state index contributed by atoms with van der Waals surface area (Å²) >= 11 is 0. The standard InChI is InChI=1S/C12H12F3N5/c13-12(14,15)10-6-11(17-8-16-10)19-5-2-9(7-19)20-4-1-3-18-20/h1,3-4,6,8-9H,2,5,7H2. The van der Waals surface area contributed by atoms with Gasteiger partial charge in [-0.1, -0.05) is 0 Å². The van der Waals surface area contributed by atoms with Crippen LogP contribution in [0.3, 0.4) is 0 Å². The zero-order valence-corrected chi connectivity index (χ0v) is 10.5. The quantitative estimate of drug-likeness (QED) is 0.847. The van der Waals surface area contributed by atoms with Gasteiger partial charge in [-0.25, -0.2) is 9.97 Å². The molecule has 3 rings (SSSR count). The molecule has 0 aliphatic carbocycles. The van der Waals surface area contributed by atoms with E-state index in [0.29, 0.717) is 18.9 Å². The summed E-state index contributed by atoms with van der Waals surface area (Å²) in [5.41, 5.74) is -0.912. The number of aromatic nitrogens is 4. The molecule has 0 amide bonds. The number of hydrogen-bond donors (Lipinski definition) is 0. The van der Waals surface area contributed by atoms with Gasteiger partial charge in [-0.2, -0.15) is 18.3 Å². The lowest BCUT2D eigenvalue weighted by Crippen LogP contribution is -2.23. The van der Waals surface area contributed by atoms with Crippen molar-refractivity contribution >= 4 is 5.82 Å². The molecule has 1 aliphatic rings. The molecule has 0 spiro atoms. The van der Waals surface area contributed by atoms with Crippen LogP contribution in [0.1, 0.15) is 18.2 Å². The van der Waals surface area contributed by atoms with Crippen LogP contribution in [0.4, 0.5) is 19.0 Å². The van der Waals surface area contributed by atoms with Gasteiger partial charge in [0.05, 0.1) is 6.04 Å². The molecule has 1 saturated heterocycles. The molecule has 2 aromatic heterocycles. The second kappa shape index (κ2) is 4.77. The Morgan fingerprint density at radius 3 is 2.80 bits per heavy atom. The monoisotopic (exact) mass is 283 g/mol. The van der Waals surface area contributed by atoms with Gasteiger partial charge < -0.3 is 4.90 Å². The maximum Gasteiger partial charge on any atom is 0.433 e. The van der Waals surface area contributed by atoms with Crippen molar-refractivity contribution in [3.8, 4) is 0 Å². The highest BCUT2D eigenvalue weighted by molar-refractivity contribution is 5.41. The van der Waals surface area contributed by atoms with Crippen molar-refractivity contribution in [2.24, 2.45) is 0 Å². The minimum Gasteiger partial charge on any atom is -0.354 e. The zero-order valence-electron chi connectivity index (χ0n) is 10.5. The Bertz CT molecular complexity index is 581. The van der Waals surface area contributed by atoms with Gasteiger partial charge in [-0.3, -0.25) is 4.68 Å². The van der Waals surface area contributed by atoms with E-state index >= 15 is 0 Å². The van der Waals surface area contributed by atoms with E-state index in [1.807, 2.05) is 21.8 Å². The first kappa shape index (κ1) is 12.9. The van der Waals surface area contributed by atoms with Crippen molar-refractivity contribution in [1.82, 2.24) is 19.7 Å². The molecule has 106 valence electrons. The molecule has 1 unspecified atom stereocenters. The third kappa shape index (κ3) is 2.45. The fraction of sp³-hybridized carbons (Fsp3) is 0.417. The summed E-state index contributed by atoms with van der Waals surface area (Å²) in [5, 5.41) is 4.16. The third-order valence-electron chi connectivity index (χ3n) is 3.33. The van der Waals surface area contributed by atoms with Gasteiger partial charge in [0.1, 0.15) is 17.8 Å².